The number of carbonyl (C=O) groups excluding carboxylic acids is 2. The van der Waals surface area contributed by atoms with Crippen molar-refractivity contribution in [2.24, 2.45) is 10.7 Å². The molecule has 3 rings (SSSR count). The van der Waals surface area contributed by atoms with Gasteiger partial charge in [0.2, 0.25) is 12.8 Å². The van der Waals surface area contributed by atoms with E-state index in [0.717, 1.165) is 41.6 Å². The van der Waals surface area contributed by atoms with Gasteiger partial charge in [0, 0.05) is 36.3 Å². The molecule has 2 amide bonds. The number of halogens is 4. The third-order valence-corrected chi connectivity index (χ3v) is 9.32. The van der Waals surface area contributed by atoms with Crippen molar-refractivity contribution < 1.29 is 23.1 Å². The molecule has 0 aliphatic heterocycles. The minimum Gasteiger partial charge on any atom is -0.495 e. The number of ether oxygens (including phenoxy) is 1. The molecule has 0 aliphatic carbocycles. The van der Waals surface area contributed by atoms with Crippen molar-refractivity contribution in [3.05, 3.63) is 110 Å². The first-order chi connectivity index (χ1) is 26.7. The van der Waals surface area contributed by atoms with E-state index in [9.17, 15) is 13.6 Å². The molecule has 0 bridgehead atoms. The van der Waals surface area contributed by atoms with Gasteiger partial charge in [-0.1, -0.05) is 89.9 Å². The van der Waals surface area contributed by atoms with Crippen LogP contribution in [0.4, 0.5) is 14.5 Å². The van der Waals surface area contributed by atoms with Gasteiger partial charge in [0.25, 0.3) is 0 Å². The number of methoxy groups -OCH3 is 1. The lowest BCUT2D eigenvalue weighted by Crippen LogP contribution is -2.22. The minimum absolute atomic E-state index is 0.0775. The normalized spacial score (nSPS) is 12.6. The molecule has 0 spiro atoms. The fourth-order valence-corrected chi connectivity index (χ4v) is 5.59. The van der Waals surface area contributed by atoms with Crippen molar-refractivity contribution in [2.75, 3.05) is 25.9 Å². The number of amides is 2. The number of hydrogen-bond acceptors (Lipinski definition) is 6. The molecule has 0 aliphatic rings. The Bertz CT molecular complexity index is 1800. The summed E-state index contributed by atoms with van der Waals surface area (Å²) < 4.78 is 33.3. The topological polar surface area (TPSA) is 133 Å². The Morgan fingerprint density at radius 1 is 1.11 bits per heavy atom. The third-order valence-electron chi connectivity index (χ3n) is 8.46. The molecule has 0 saturated carbocycles. The second-order valence-corrected chi connectivity index (χ2v) is 13.1. The number of aryl methyl sites for hydroxylation is 1. The number of aliphatic imine (C=N–C) groups is 1. The van der Waals surface area contributed by atoms with E-state index in [-0.39, 0.29) is 28.9 Å². The molecule has 3 atom stereocenters. The SMILES string of the molecule is CC.CCCN=Cc1cc(C)cc(OC)c1N.NC=O.[B]C(CC)/C(F)=C\C=C/C(=C)C(CNC=O)c1cc(C(C)CC)c(C)c(-c2ccc(F)c(Cl)c2Cl)n1. The lowest BCUT2D eigenvalue weighted by Gasteiger charge is -2.23. The molecule has 3 unspecified atom stereocenters. The van der Waals surface area contributed by atoms with E-state index < -0.39 is 23.4 Å². The van der Waals surface area contributed by atoms with Crippen LogP contribution >= 0.6 is 23.2 Å². The summed E-state index contributed by atoms with van der Waals surface area (Å²) in [6, 6.07) is 8.74. The highest BCUT2D eigenvalue weighted by Crippen LogP contribution is 2.39. The van der Waals surface area contributed by atoms with Crippen LogP contribution in [0.25, 0.3) is 11.3 Å². The summed E-state index contributed by atoms with van der Waals surface area (Å²) in [7, 11) is 7.35. The first-order valence-electron chi connectivity index (χ1n) is 18.6. The molecule has 56 heavy (non-hydrogen) atoms. The van der Waals surface area contributed by atoms with Gasteiger partial charge in [-0.2, -0.15) is 0 Å². The lowest BCUT2D eigenvalue weighted by atomic mass is 9.84. The van der Waals surface area contributed by atoms with Gasteiger partial charge in [0.05, 0.1) is 47.9 Å². The summed E-state index contributed by atoms with van der Waals surface area (Å²) in [5, 5.41) is 2.60. The quantitative estimate of drug-likeness (QED) is 0.0331. The fraction of sp³-hybridized carbons (Fsp3) is 0.395. The first-order valence-corrected chi connectivity index (χ1v) is 19.3. The van der Waals surface area contributed by atoms with E-state index in [1.54, 1.807) is 32.3 Å². The molecular weight excluding hydrogens is 754 g/mol. The zero-order valence-electron chi connectivity index (χ0n) is 34.2. The standard InChI is InChI=1S/C28H31BCl2F2N2O.C12H18N2O.C2H6.CH3NO/c1-6-16(3)20-13-25(35-28(18(20)5)19-11-12-24(33)27(31)26(19)30)21(14-34-15-36)17(4)9-8-10-23(32)22(29)7-2;1-4-5-14-8-10-6-9(2)7-11(15-3)12(10)13;1-2;2-1-3/h8-13,15-16,21-22H,4,6-7,14H2,1-3,5H3,(H,34,36);6-8H,4-5,13H2,1-3H3;1-2H3;1H,(H2,2,3)/b9-8-,23-10+;;;. The predicted octanol–water partition coefficient (Wildman–Crippen LogP) is 10.7. The summed E-state index contributed by atoms with van der Waals surface area (Å²) >= 11 is 12.5. The molecule has 1 heterocycles. The van der Waals surface area contributed by atoms with Crippen LogP contribution in [-0.4, -0.2) is 52.1 Å². The zero-order chi connectivity index (χ0) is 43.0. The monoisotopic (exact) mass is 811 g/mol. The summed E-state index contributed by atoms with van der Waals surface area (Å²) in [6.45, 7) is 21.2. The highest BCUT2D eigenvalue weighted by atomic mass is 35.5. The number of carbonyl (C=O) groups is 2. The van der Waals surface area contributed by atoms with Crippen LogP contribution in [0.1, 0.15) is 101 Å². The van der Waals surface area contributed by atoms with Crippen LogP contribution in [0, 0.1) is 19.7 Å². The number of benzene rings is 2. The Hall–Kier alpha value is -4.48. The number of anilines is 1. The van der Waals surface area contributed by atoms with E-state index in [1.165, 1.54) is 12.1 Å². The van der Waals surface area contributed by atoms with Crippen molar-refractivity contribution in [3.8, 4) is 17.0 Å². The average Bonchev–Trinajstić information content (AvgIpc) is 3.19. The number of nitrogens with zero attached hydrogens (tertiary/aromatic N) is 2. The molecule has 5 N–H and O–H groups in total. The number of allylic oxidation sites excluding steroid dienone is 4. The Labute approximate surface area is 344 Å². The highest BCUT2D eigenvalue weighted by molar-refractivity contribution is 6.43. The van der Waals surface area contributed by atoms with E-state index in [2.05, 4.69) is 43.4 Å². The fourth-order valence-electron chi connectivity index (χ4n) is 5.18. The number of nitrogen functional groups attached to an aromatic ring is 1. The van der Waals surface area contributed by atoms with Crippen molar-refractivity contribution in [1.82, 2.24) is 10.3 Å². The lowest BCUT2D eigenvalue weighted by molar-refractivity contribution is -0.109. The molecule has 3 aromatic rings. The number of primary amides is 1. The van der Waals surface area contributed by atoms with Crippen LogP contribution in [0.2, 0.25) is 15.9 Å². The minimum atomic E-state index is -0.665. The highest BCUT2D eigenvalue weighted by Gasteiger charge is 2.23. The molecule has 0 saturated heterocycles. The van der Waals surface area contributed by atoms with Gasteiger partial charge >= 0.3 is 0 Å². The molecule has 304 valence electrons. The van der Waals surface area contributed by atoms with Crippen molar-refractivity contribution in [2.45, 2.75) is 92.3 Å². The molecule has 8 nitrogen and oxygen atoms in total. The second-order valence-electron chi connectivity index (χ2n) is 12.4. The Morgan fingerprint density at radius 3 is 2.30 bits per heavy atom. The number of aromatic nitrogens is 1. The maximum Gasteiger partial charge on any atom is 0.207 e. The maximum atomic E-state index is 14.1. The van der Waals surface area contributed by atoms with Crippen LogP contribution < -0.4 is 21.5 Å². The van der Waals surface area contributed by atoms with Gasteiger partial charge in [-0.15, -0.1) is 0 Å². The number of rotatable bonds is 16. The zero-order valence-corrected chi connectivity index (χ0v) is 35.7. The number of pyridine rings is 1. The van der Waals surface area contributed by atoms with Crippen LogP contribution in [0.5, 0.6) is 5.75 Å². The Kier molecular flexibility index (Phi) is 25.8. The molecule has 0 fully saturated rings. The van der Waals surface area contributed by atoms with Crippen LogP contribution in [-0.2, 0) is 9.59 Å². The molecular formula is C43H58BCl2F2N5O3. The van der Waals surface area contributed by atoms with Crippen molar-refractivity contribution in [1.29, 1.82) is 0 Å². The largest absolute Gasteiger partial charge is 0.495 e. The smallest absolute Gasteiger partial charge is 0.207 e. The van der Waals surface area contributed by atoms with E-state index in [0.29, 0.717) is 46.8 Å². The average molecular weight is 813 g/mol. The number of nitrogens with two attached hydrogens (primary N) is 2. The molecule has 13 heteroatoms. The molecule has 2 radical (unpaired) electrons. The van der Waals surface area contributed by atoms with Crippen molar-refractivity contribution in [3.63, 3.8) is 0 Å². The molecule has 1 aromatic heterocycles. The van der Waals surface area contributed by atoms with Crippen LogP contribution in [0.15, 0.2) is 71.5 Å². The van der Waals surface area contributed by atoms with Gasteiger partial charge in [-0.05, 0) is 97.1 Å². The Balaban J connectivity index is 0.00000125. The first kappa shape index (κ1) is 51.5. The summed E-state index contributed by atoms with van der Waals surface area (Å²) in [6.07, 6.45) is 9.59. The third kappa shape index (κ3) is 15.9. The van der Waals surface area contributed by atoms with Crippen LogP contribution in [0.3, 0.4) is 0 Å². The summed E-state index contributed by atoms with van der Waals surface area (Å²) in [5.74, 6) is -1.22. The summed E-state index contributed by atoms with van der Waals surface area (Å²) in [5.41, 5.74) is 17.1. The van der Waals surface area contributed by atoms with Gasteiger partial charge in [-0.25, -0.2) is 8.78 Å². The molecule has 2 aromatic carbocycles. The van der Waals surface area contributed by atoms with E-state index >= 15 is 0 Å². The van der Waals surface area contributed by atoms with E-state index in [1.807, 2.05) is 52.1 Å². The summed E-state index contributed by atoms with van der Waals surface area (Å²) in [4.78, 5) is 28.9. The number of nitrogens with one attached hydrogen (secondary N) is 1. The second kappa shape index (κ2) is 28.0. The van der Waals surface area contributed by atoms with Gasteiger partial charge in [0.15, 0.2) is 0 Å². The number of hydrogen-bond donors (Lipinski definition) is 3. The van der Waals surface area contributed by atoms with Gasteiger partial charge < -0.3 is 21.5 Å². The van der Waals surface area contributed by atoms with Gasteiger partial charge in [-0.3, -0.25) is 19.6 Å². The van der Waals surface area contributed by atoms with E-state index in [4.69, 9.17) is 51.3 Å². The van der Waals surface area contributed by atoms with Crippen molar-refractivity contribution >= 4 is 55.8 Å². The Morgan fingerprint density at radius 2 is 1.75 bits per heavy atom. The predicted molar refractivity (Wildman–Crippen MR) is 234 cm³/mol. The van der Waals surface area contributed by atoms with Gasteiger partial charge in [0.1, 0.15) is 11.6 Å². The maximum absolute atomic E-state index is 14.1.